The van der Waals surface area contributed by atoms with Gasteiger partial charge in [-0.25, -0.2) is 0 Å². The summed E-state index contributed by atoms with van der Waals surface area (Å²) in [4.78, 5) is 0. The summed E-state index contributed by atoms with van der Waals surface area (Å²) in [6, 6.07) is 0. The van der Waals surface area contributed by atoms with E-state index in [0.717, 1.165) is 15.8 Å². The highest BCUT2D eigenvalue weighted by molar-refractivity contribution is 6.73. The highest BCUT2D eigenvalue weighted by Gasteiger charge is 2.43. The first-order chi connectivity index (χ1) is 5.80. The van der Waals surface area contributed by atoms with Crippen LogP contribution < -0.4 is 0 Å². The summed E-state index contributed by atoms with van der Waals surface area (Å²) in [5, 5.41) is 3.28. The van der Waals surface area contributed by atoms with Gasteiger partial charge < -0.3 is 8.52 Å². The molecule has 12 heavy (non-hydrogen) atoms. The standard InChI is InChI=1S/3C2H5.3Al.3O/c3*1-2;;;;;;/h3*1H2,2H3;;;;;;. The fourth-order valence-corrected chi connectivity index (χ4v) is 12.4. The van der Waals surface area contributed by atoms with Crippen LogP contribution in [-0.4, -0.2) is 44.4 Å². The summed E-state index contributed by atoms with van der Waals surface area (Å²) >= 11 is -3.77. The first-order valence-corrected chi connectivity index (χ1v) is 10.0. The van der Waals surface area contributed by atoms with E-state index in [1.54, 1.807) is 0 Å². The molecule has 0 radical (unpaired) electrons. The van der Waals surface area contributed by atoms with Gasteiger partial charge in [0.05, 0.1) is 0 Å². The molecule has 0 unspecified atom stereocenters. The van der Waals surface area contributed by atoms with E-state index < -0.39 is 44.4 Å². The molecule has 0 aromatic heterocycles. The van der Waals surface area contributed by atoms with Crippen LogP contribution in [0.3, 0.4) is 0 Å². The minimum absolute atomic E-state index is 1.09. The Morgan fingerprint density at radius 2 is 0.917 bits per heavy atom. The molecule has 1 aliphatic heterocycles. The van der Waals surface area contributed by atoms with Crippen LogP contribution in [0, 0.1) is 0 Å². The molecule has 3 nitrogen and oxygen atoms in total. The maximum Gasteiger partial charge on any atom is 0.615 e. The van der Waals surface area contributed by atoms with Crippen LogP contribution in [-0.2, 0) is 8.52 Å². The molecule has 1 rings (SSSR count). The quantitative estimate of drug-likeness (QED) is 0.670. The zero-order valence-electron chi connectivity index (χ0n) is 8.08. The van der Waals surface area contributed by atoms with Gasteiger partial charge in [0.1, 0.15) is 0 Å². The largest absolute Gasteiger partial charge is 0.615 e. The predicted octanol–water partition coefficient (Wildman–Crippen LogP) is 1.57. The molecule has 1 heterocycles. The Labute approximate surface area is 89.2 Å². The minimum Gasteiger partial charge on any atom is -0.594 e. The third-order valence-corrected chi connectivity index (χ3v) is 11.2. The van der Waals surface area contributed by atoms with E-state index in [9.17, 15) is 0 Å². The van der Waals surface area contributed by atoms with Gasteiger partial charge in [-0.05, 0) is 15.8 Å². The van der Waals surface area contributed by atoms with Gasteiger partial charge in [0, 0.05) is 0 Å². The Balaban J connectivity index is 2.41. The van der Waals surface area contributed by atoms with E-state index in [4.69, 9.17) is 8.52 Å². The van der Waals surface area contributed by atoms with Crippen LogP contribution in [0.5, 0.6) is 0 Å². The van der Waals surface area contributed by atoms with Gasteiger partial charge in [-0.3, -0.25) is 0 Å². The first-order valence-electron chi connectivity index (χ1n) is 4.76. The highest BCUT2D eigenvalue weighted by atomic mass is 27.4. The zero-order valence-corrected chi connectivity index (χ0v) is 11.5. The number of hydrogen-bond acceptors (Lipinski definition) is 3. The van der Waals surface area contributed by atoms with Crippen molar-refractivity contribution in [2.75, 3.05) is 0 Å². The van der Waals surface area contributed by atoms with Gasteiger partial charge in [0.2, 0.25) is 0 Å². The zero-order chi connectivity index (χ0) is 8.97. The Hall–Kier alpha value is 1.48. The van der Waals surface area contributed by atoms with Crippen LogP contribution >= 0.6 is 0 Å². The lowest BCUT2D eigenvalue weighted by Gasteiger charge is -2.29. The maximum absolute atomic E-state index is 5.78. The summed E-state index contributed by atoms with van der Waals surface area (Å²) < 4.78 is 17.4. The molecule has 0 N–H and O–H groups in total. The van der Waals surface area contributed by atoms with Crippen LogP contribution in [0.25, 0.3) is 0 Å². The average molecular weight is 216 g/mol. The van der Waals surface area contributed by atoms with Gasteiger partial charge in [-0.1, -0.05) is 20.8 Å². The molecule has 1 saturated heterocycles. The van der Waals surface area contributed by atoms with Crippen molar-refractivity contribution in [1.29, 1.82) is 0 Å². The van der Waals surface area contributed by atoms with Crippen LogP contribution in [0.1, 0.15) is 20.8 Å². The topological polar surface area (TPSA) is 27.7 Å². The fourth-order valence-electron chi connectivity index (χ4n) is 1.18. The van der Waals surface area contributed by atoms with Gasteiger partial charge in [-0.15, -0.1) is 0 Å². The second-order valence-corrected chi connectivity index (χ2v) is 11.2. The molecular weight excluding hydrogens is 201 g/mol. The van der Waals surface area contributed by atoms with Crippen molar-refractivity contribution in [3.63, 3.8) is 0 Å². The third-order valence-electron chi connectivity index (χ3n) is 1.91. The lowest BCUT2D eigenvalue weighted by molar-refractivity contribution is 0.281. The molecule has 0 spiro atoms. The van der Waals surface area contributed by atoms with Gasteiger partial charge in [0.15, 0.2) is 0 Å². The molecule has 0 atom stereocenters. The van der Waals surface area contributed by atoms with Crippen LogP contribution in [0.15, 0.2) is 0 Å². The van der Waals surface area contributed by atoms with Crippen molar-refractivity contribution < 1.29 is 8.52 Å². The van der Waals surface area contributed by atoms with Gasteiger partial charge >= 0.3 is 44.4 Å². The molecule has 0 saturated carbocycles. The van der Waals surface area contributed by atoms with Crippen LogP contribution in [0.2, 0.25) is 15.8 Å². The van der Waals surface area contributed by atoms with E-state index in [2.05, 4.69) is 20.8 Å². The van der Waals surface area contributed by atoms with Crippen molar-refractivity contribution in [2.45, 2.75) is 36.6 Å². The van der Waals surface area contributed by atoms with Crippen molar-refractivity contribution in [3.05, 3.63) is 0 Å². The predicted molar refractivity (Wildman–Crippen MR) is 52.0 cm³/mol. The Kier molecular flexibility index (Phi) is 5.83. The third kappa shape index (κ3) is 3.32. The fraction of sp³-hybridized carbons (Fsp3) is 1.00. The second kappa shape index (κ2) is 6.05. The molecule has 0 bridgehead atoms. The summed E-state index contributed by atoms with van der Waals surface area (Å²) in [5.74, 6) is 0. The molecule has 66 valence electrons. The highest BCUT2D eigenvalue weighted by Crippen LogP contribution is 2.14. The van der Waals surface area contributed by atoms with Gasteiger partial charge in [0.25, 0.3) is 0 Å². The van der Waals surface area contributed by atoms with E-state index in [1.807, 2.05) is 0 Å². The lowest BCUT2D eigenvalue weighted by atomic mass is 11.0. The Morgan fingerprint density at radius 1 is 0.667 bits per heavy atom. The summed E-state index contributed by atoms with van der Waals surface area (Å²) in [6.07, 6.45) is 0. The monoisotopic (exact) mass is 216 g/mol. The minimum atomic E-state index is -1.26. The molecule has 0 aromatic rings. The molecule has 0 amide bonds. The number of rotatable bonds is 3. The van der Waals surface area contributed by atoms with Crippen LogP contribution in [0.4, 0.5) is 0 Å². The summed E-state index contributed by atoms with van der Waals surface area (Å²) in [7, 11) is 0. The van der Waals surface area contributed by atoms with E-state index >= 15 is 0 Å². The van der Waals surface area contributed by atoms with E-state index in [-0.39, 0.29) is 0 Å². The number of hydrogen-bond donors (Lipinski definition) is 0. The molecular formula is C6H15Al3O3. The smallest absolute Gasteiger partial charge is 0.594 e. The Bertz CT molecular complexity index is 105. The lowest BCUT2D eigenvalue weighted by Crippen LogP contribution is -2.47. The first kappa shape index (κ1) is 11.6. The molecule has 6 heteroatoms. The van der Waals surface area contributed by atoms with E-state index in [0.29, 0.717) is 0 Å². The molecule has 1 fully saturated rings. The second-order valence-electron chi connectivity index (χ2n) is 2.92. The molecule has 0 aliphatic carbocycles. The van der Waals surface area contributed by atoms with E-state index in [1.165, 1.54) is 0 Å². The molecule has 0 aromatic carbocycles. The normalized spacial score (nSPS) is 18.8. The maximum atomic E-state index is 5.78. The molecule has 1 aliphatic rings. The SMILES string of the molecule is C[CH2][Al]1[O][Al]([CH2]C)[O][Al]([CH2]C)[O]1. The van der Waals surface area contributed by atoms with Crippen molar-refractivity contribution in [1.82, 2.24) is 0 Å². The average Bonchev–Trinajstić information content (AvgIpc) is 2.16. The van der Waals surface area contributed by atoms with Crippen molar-refractivity contribution in [2.24, 2.45) is 0 Å². The van der Waals surface area contributed by atoms with Gasteiger partial charge in [-0.2, -0.15) is 0 Å². The Morgan fingerprint density at radius 3 is 1.08 bits per heavy atom. The summed E-state index contributed by atoms with van der Waals surface area (Å²) in [5.41, 5.74) is 0. The van der Waals surface area contributed by atoms with Crippen molar-refractivity contribution >= 4 is 44.4 Å². The summed E-state index contributed by atoms with van der Waals surface area (Å²) in [6.45, 7) is 6.47. The van der Waals surface area contributed by atoms with Crippen molar-refractivity contribution in [3.8, 4) is 0 Å².